The molecule has 0 saturated heterocycles. The van der Waals surface area contributed by atoms with E-state index in [0.717, 1.165) is 17.1 Å². The zero-order chi connectivity index (χ0) is 38.2. The lowest BCUT2D eigenvalue weighted by atomic mass is 9.44. The van der Waals surface area contributed by atoms with Gasteiger partial charge >= 0.3 is 6.85 Å². The lowest BCUT2D eigenvalue weighted by molar-refractivity contribution is 1.18. The van der Waals surface area contributed by atoms with E-state index in [1.54, 1.807) is 0 Å². The highest BCUT2D eigenvalue weighted by Crippen LogP contribution is 2.50. The topological polar surface area (TPSA) is 11.4 Å². The molecule has 0 fully saturated rings. The largest absolute Gasteiger partial charge is 0.376 e. The first-order chi connectivity index (χ1) is 28.8. The van der Waals surface area contributed by atoms with Crippen molar-refractivity contribution in [1.82, 2.24) is 4.57 Å². The van der Waals surface area contributed by atoms with Gasteiger partial charge in [-0.3, -0.25) is 0 Å². The van der Waals surface area contributed by atoms with Crippen molar-refractivity contribution in [2.24, 2.45) is 0 Å². The fourth-order valence-electron chi connectivity index (χ4n) is 9.71. The van der Waals surface area contributed by atoms with E-state index < -0.39 is 0 Å². The van der Waals surface area contributed by atoms with Crippen molar-refractivity contribution in [1.29, 1.82) is 0 Å². The van der Waals surface area contributed by atoms with Crippen LogP contribution in [0.1, 0.15) is 0 Å². The number of hydrogen-bond acceptors (Lipinski definition) is 2. The number of aromatic nitrogens is 1. The molecule has 12 rings (SSSR count). The van der Waals surface area contributed by atoms with Gasteiger partial charge < -0.3 is 14.3 Å². The Morgan fingerprint density at radius 1 is 0.414 bits per heavy atom. The third-order valence-corrected chi connectivity index (χ3v) is 12.1. The third kappa shape index (κ3) is 4.88. The molecule has 3 heterocycles. The van der Waals surface area contributed by atoms with Gasteiger partial charge in [-0.25, -0.2) is 0 Å². The zero-order valence-electron chi connectivity index (χ0n) is 31.7. The van der Waals surface area contributed by atoms with Gasteiger partial charge in [0, 0.05) is 44.8 Å². The zero-order valence-corrected chi connectivity index (χ0v) is 31.7. The molecular weight excluding hydrogens is 701 g/mol. The maximum absolute atomic E-state index is 2.57. The molecule has 0 saturated carbocycles. The first kappa shape index (κ1) is 32.7. The lowest BCUT2D eigenvalue weighted by Gasteiger charge is -2.42. The van der Waals surface area contributed by atoms with E-state index in [1.165, 1.54) is 83.2 Å². The number of fused-ring (bicyclic) bond motifs is 8. The van der Waals surface area contributed by atoms with Crippen molar-refractivity contribution in [2.75, 3.05) is 9.71 Å². The van der Waals surface area contributed by atoms with Crippen LogP contribution in [-0.2, 0) is 0 Å². The molecule has 9 aromatic carbocycles. The standard InChI is InChI=1S/C54H36BN3/c1-4-18-37(19-5-1)39-22-16-26-42(34-39)56(43-27-17-23-40(35-43)38-20-6-2-7-21-38)51-36-46-44-28-10-14-32-49(44)58(41-24-8-3-9-25-41)55-47-30-12-15-33-50(47)57-48-31-13-11-29-45(48)52(51)54(57)53(46)55/h1-36H. The van der Waals surface area contributed by atoms with E-state index in [0.29, 0.717) is 0 Å². The van der Waals surface area contributed by atoms with Gasteiger partial charge in [-0.1, -0.05) is 158 Å². The summed E-state index contributed by atoms with van der Waals surface area (Å²) in [7, 11) is 0. The van der Waals surface area contributed by atoms with Crippen molar-refractivity contribution in [3.05, 3.63) is 218 Å². The maximum Gasteiger partial charge on any atom is 0.333 e. The van der Waals surface area contributed by atoms with Crippen molar-refractivity contribution in [3.8, 4) is 39.1 Å². The second kappa shape index (κ2) is 13.0. The predicted octanol–water partition coefficient (Wildman–Crippen LogP) is 12.8. The molecule has 0 unspecified atom stereocenters. The van der Waals surface area contributed by atoms with Crippen LogP contribution in [-0.4, -0.2) is 11.4 Å². The molecule has 0 spiro atoms. The molecule has 0 aliphatic carbocycles. The van der Waals surface area contributed by atoms with Gasteiger partial charge in [-0.2, -0.15) is 0 Å². The summed E-state index contributed by atoms with van der Waals surface area (Å²) in [6.45, 7) is -0.0341. The van der Waals surface area contributed by atoms with Crippen LogP contribution >= 0.6 is 0 Å². The van der Waals surface area contributed by atoms with Crippen LogP contribution < -0.4 is 20.6 Å². The minimum Gasteiger partial charge on any atom is -0.376 e. The Hall–Kier alpha value is -7.56. The van der Waals surface area contributed by atoms with Crippen molar-refractivity contribution in [2.45, 2.75) is 0 Å². The number of para-hydroxylation sites is 4. The Kier molecular flexibility index (Phi) is 7.33. The highest BCUT2D eigenvalue weighted by atomic mass is 15.2. The summed E-state index contributed by atoms with van der Waals surface area (Å²) >= 11 is 0. The van der Waals surface area contributed by atoms with E-state index in [9.17, 15) is 0 Å². The van der Waals surface area contributed by atoms with Crippen LogP contribution in [0.25, 0.3) is 60.9 Å². The van der Waals surface area contributed by atoms with Crippen LogP contribution in [0.15, 0.2) is 218 Å². The highest BCUT2D eigenvalue weighted by Gasteiger charge is 2.44. The van der Waals surface area contributed by atoms with Crippen LogP contribution in [0.4, 0.5) is 28.4 Å². The highest BCUT2D eigenvalue weighted by molar-refractivity contribution is 6.93. The lowest BCUT2D eigenvalue weighted by Crippen LogP contribution is -2.60. The summed E-state index contributed by atoms with van der Waals surface area (Å²) in [6, 6.07) is 79.9. The van der Waals surface area contributed by atoms with Crippen LogP contribution in [0, 0.1) is 0 Å². The molecule has 2 aliphatic heterocycles. The Bertz CT molecular complexity index is 3110. The van der Waals surface area contributed by atoms with Crippen LogP contribution in [0.5, 0.6) is 0 Å². The molecule has 0 amide bonds. The number of anilines is 5. The van der Waals surface area contributed by atoms with Gasteiger partial charge in [0.25, 0.3) is 0 Å². The maximum atomic E-state index is 2.57. The second-order valence-electron chi connectivity index (χ2n) is 15.3. The smallest absolute Gasteiger partial charge is 0.333 e. The Labute approximate surface area is 338 Å². The molecule has 270 valence electrons. The SMILES string of the molecule is c1ccc(-c2cccc(N(c3cccc(-c4ccccc4)c3)c3cc4c5c6c3c3ccccc3n6-c3ccccc3B5N(c3ccccc3)c3ccccc3-4)c2)cc1. The summed E-state index contributed by atoms with van der Waals surface area (Å²) in [5, 5.41) is 2.48. The van der Waals surface area contributed by atoms with Gasteiger partial charge in [0.2, 0.25) is 0 Å². The Morgan fingerprint density at radius 3 is 1.66 bits per heavy atom. The molecule has 4 heteroatoms. The average Bonchev–Trinajstić information content (AvgIpc) is 3.66. The van der Waals surface area contributed by atoms with E-state index in [2.05, 4.69) is 233 Å². The predicted molar refractivity (Wildman–Crippen MR) is 245 cm³/mol. The van der Waals surface area contributed by atoms with E-state index in [1.807, 2.05) is 0 Å². The summed E-state index contributed by atoms with van der Waals surface area (Å²) in [5.41, 5.74) is 19.3. The van der Waals surface area contributed by atoms with Crippen LogP contribution in [0.3, 0.4) is 0 Å². The monoisotopic (exact) mass is 737 g/mol. The first-order valence-electron chi connectivity index (χ1n) is 20.1. The van der Waals surface area contributed by atoms with Gasteiger partial charge in [0.15, 0.2) is 0 Å². The first-order valence-corrected chi connectivity index (χ1v) is 20.1. The van der Waals surface area contributed by atoms with Crippen molar-refractivity contribution >= 4 is 68.0 Å². The van der Waals surface area contributed by atoms with Gasteiger partial charge in [-0.05, 0) is 99.4 Å². The van der Waals surface area contributed by atoms with Gasteiger partial charge in [0.05, 0.1) is 16.7 Å². The fourth-order valence-corrected chi connectivity index (χ4v) is 9.71. The Balaban J connectivity index is 1.23. The molecule has 1 aromatic heterocycles. The summed E-state index contributed by atoms with van der Waals surface area (Å²) in [5.74, 6) is 0. The van der Waals surface area contributed by atoms with E-state index >= 15 is 0 Å². The third-order valence-electron chi connectivity index (χ3n) is 12.1. The number of nitrogens with zero attached hydrogens (tertiary/aromatic N) is 3. The molecule has 0 radical (unpaired) electrons. The normalized spacial score (nSPS) is 12.4. The minimum atomic E-state index is -0.0341. The summed E-state index contributed by atoms with van der Waals surface area (Å²) in [4.78, 5) is 5.08. The molecule has 0 bridgehead atoms. The molecule has 3 nitrogen and oxygen atoms in total. The fraction of sp³-hybridized carbons (Fsp3) is 0. The van der Waals surface area contributed by atoms with E-state index in [4.69, 9.17) is 0 Å². The minimum absolute atomic E-state index is 0.0341. The number of rotatable bonds is 6. The summed E-state index contributed by atoms with van der Waals surface area (Å²) in [6.07, 6.45) is 0. The van der Waals surface area contributed by atoms with Crippen molar-refractivity contribution in [3.63, 3.8) is 0 Å². The van der Waals surface area contributed by atoms with Crippen LogP contribution in [0.2, 0.25) is 0 Å². The molecular formula is C54H36BN3. The number of hydrogen-bond donors (Lipinski definition) is 0. The quantitative estimate of drug-likeness (QED) is 0.157. The second-order valence-corrected chi connectivity index (χ2v) is 15.3. The molecule has 0 atom stereocenters. The molecule has 58 heavy (non-hydrogen) atoms. The van der Waals surface area contributed by atoms with E-state index in [-0.39, 0.29) is 6.85 Å². The molecule has 2 aliphatic rings. The summed E-state index contributed by atoms with van der Waals surface area (Å²) < 4.78 is 2.55. The molecule has 10 aromatic rings. The van der Waals surface area contributed by atoms with Gasteiger partial charge in [-0.15, -0.1) is 0 Å². The number of benzene rings is 9. The Morgan fingerprint density at radius 2 is 0.966 bits per heavy atom. The average molecular weight is 738 g/mol. The van der Waals surface area contributed by atoms with Crippen molar-refractivity contribution < 1.29 is 0 Å². The molecule has 0 N–H and O–H groups in total. The van der Waals surface area contributed by atoms with Gasteiger partial charge in [0.1, 0.15) is 0 Å².